The van der Waals surface area contributed by atoms with Gasteiger partial charge in [-0.3, -0.25) is 4.79 Å². The van der Waals surface area contributed by atoms with Crippen molar-refractivity contribution in [3.63, 3.8) is 0 Å². The van der Waals surface area contributed by atoms with Crippen LogP contribution in [0.15, 0.2) is 23.1 Å². The molecule has 1 aromatic carbocycles. The molecule has 1 saturated heterocycles. The van der Waals surface area contributed by atoms with E-state index in [9.17, 15) is 13.2 Å². The van der Waals surface area contributed by atoms with Gasteiger partial charge in [-0.1, -0.05) is 0 Å². The standard InChI is InChI=1S/C14H20N2O5S/c1-9-8-21-10(2)7-16(9)22(18,19)11-4-5-13(20-3)12(6-11)14(15)17/h4-6,9-10H,7-8H2,1-3H3,(H2,15,17)/t9-,10-/m1/s1. The Bertz CT molecular complexity index is 674. The summed E-state index contributed by atoms with van der Waals surface area (Å²) in [6.07, 6.45) is -0.181. The first-order valence-corrected chi connectivity index (χ1v) is 8.32. The molecule has 1 aromatic rings. The second-order valence-electron chi connectivity index (χ2n) is 5.29. The van der Waals surface area contributed by atoms with Gasteiger partial charge in [0.15, 0.2) is 0 Å². The fourth-order valence-electron chi connectivity index (χ4n) is 2.38. The number of morpholine rings is 1. The lowest BCUT2D eigenvalue weighted by molar-refractivity contribution is -0.0170. The SMILES string of the molecule is COc1ccc(S(=O)(=O)N2C[C@@H](C)OC[C@H]2C)cc1C(N)=O. The number of carbonyl (C=O) groups excluding carboxylic acids is 1. The van der Waals surface area contributed by atoms with Gasteiger partial charge in [-0.15, -0.1) is 0 Å². The minimum Gasteiger partial charge on any atom is -0.496 e. The van der Waals surface area contributed by atoms with Gasteiger partial charge < -0.3 is 15.2 Å². The lowest BCUT2D eigenvalue weighted by Crippen LogP contribution is -2.50. The predicted octanol–water partition coefficient (Wildman–Crippen LogP) is 0.592. The number of carbonyl (C=O) groups is 1. The van der Waals surface area contributed by atoms with Crippen LogP contribution in [-0.4, -0.2) is 51.0 Å². The molecule has 8 heteroatoms. The van der Waals surface area contributed by atoms with Crippen molar-refractivity contribution in [3.8, 4) is 5.75 Å². The van der Waals surface area contributed by atoms with E-state index in [1.165, 1.54) is 29.6 Å². The van der Waals surface area contributed by atoms with Gasteiger partial charge in [0.05, 0.1) is 30.3 Å². The quantitative estimate of drug-likeness (QED) is 0.872. The molecule has 1 aliphatic rings. The smallest absolute Gasteiger partial charge is 0.252 e. The molecule has 2 atom stereocenters. The van der Waals surface area contributed by atoms with Crippen LogP contribution in [0.2, 0.25) is 0 Å². The topological polar surface area (TPSA) is 98.9 Å². The molecule has 7 nitrogen and oxygen atoms in total. The molecule has 0 unspecified atom stereocenters. The lowest BCUT2D eigenvalue weighted by atomic mass is 10.2. The van der Waals surface area contributed by atoms with Crippen molar-refractivity contribution in [2.75, 3.05) is 20.3 Å². The van der Waals surface area contributed by atoms with Crippen molar-refractivity contribution in [2.45, 2.75) is 30.9 Å². The molecule has 1 fully saturated rings. The summed E-state index contributed by atoms with van der Waals surface area (Å²) in [6.45, 7) is 4.19. The maximum Gasteiger partial charge on any atom is 0.252 e. The third-order valence-electron chi connectivity index (χ3n) is 3.59. The average Bonchev–Trinajstić information content (AvgIpc) is 2.48. The summed E-state index contributed by atoms with van der Waals surface area (Å²) in [7, 11) is -2.34. The van der Waals surface area contributed by atoms with E-state index in [-0.39, 0.29) is 34.9 Å². The highest BCUT2D eigenvalue weighted by atomic mass is 32.2. The predicted molar refractivity (Wildman–Crippen MR) is 80.3 cm³/mol. The fourth-order valence-corrected chi connectivity index (χ4v) is 4.10. The number of benzene rings is 1. The van der Waals surface area contributed by atoms with Gasteiger partial charge in [-0.05, 0) is 32.0 Å². The molecule has 2 rings (SSSR count). The van der Waals surface area contributed by atoms with E-state index in [2.05, 4.69) is 0 Å². The first kappa shape index (κ1) is 16.7. The Kier molecular flexibility index (Phi) is 4.74. The number of hydrogen-bond donors (Lipinski definition) is 1. The molecule has 1 heterocycles. The number of primary amides is 1. The van der Waals surface area contributed by atoms with Gasteiger partial charge in [-0.25, -0.2) is 8.42 Å². The lowest BCUT2D eigenvalue weighted by Gasteiger charge is -2.35. The van der Waals surface area contributed by atoms with Gasteiger partial charge in [-0.2, -0.15) is 4.31 Å². The zero-order valence-electron chi connectivity index (χ0n) is 12.8. The zero-order valence-corrected chi connectivity index (χ0v) is 13.6. The van der Waals surface area contributed by atoms with Crippen LogP contribution in [0.5, 0.6) is 5.75 Å². The number of sulfonamides is 1. The molecule has 2 N–H and O–H groups in total. The van der Waals surface area contributed by atoms with Crippen LogP contribution in [0.3, 0.4) is 0 Å². The molecule has 0 spiro atoms. The number of methoxy groups -OCH3 is 1. The largest absolute Gasteiger partial charge is 0.496 e. The van der Waals surface area contributed by atoms with Gasteiger partial charge >= 0.3 is 0 Å². The van der Waals surface area contributed by atoms with E-state index in [0.717, 1.165) is 0 Å². The Hall–Kier alpha value is -1.64. The van der Waals surface area contributed by atoms with E-state index < -0.39 is 15.9 Å². The molecule has 1 amide bonds. The van der Waals surface area contributed by atoms with Crippen molar-refractivity contribution >= 4 is 15.9 Å². The molecule has 0 aromatic heterocycles. The zero-order chi connectivity index (χ0) is 16.5. The Morgan fingerprint density at radius 2 is 2.09 bits per heavy atom. The van der Waals surface area contributed by atoms with E-state index in [4.69, 9.17) is 15.2 Å². The van der Waals surface area contributed by atoms with Crippen molar-refractivity contribution < 1.29 is 22.7 Å². The Labute approximate surface area is 130 Å². The highest BCUT2D eigenvalue weighted by Gasteiger charge is 2.34. The minimum atomic E-state index is -3.74. The molecular weight excluding hydrogens is 308 g/mol. The second-order valence-corrected chi connectivity index (χ2v) is 7.18. The van der Waals surface area contributed by atoms with Crippen LogP contribution >= 0.6 is 0 Å². The van der Waals surface area contributed by atoms with Gasteiger partial charge in [0, 0.05) is 12.6 Å². The average molecular weight is 328 g/mol. The monoisotopic (exact) mass is 328 g/mol. The van der Waals surface area contributed by atoms with Crippen LogP contribution in [0.25, 0.3) is 0 Å². The highest BCUT2D eigenvalue weighted by molar-refractivity contribution is 7.89. The first-order valence-electron chi connectivity index (χ1n) is 6.88. The first-order chi connectivity index (χ1) is 10.3. The van der Waals surface area contributed by atoms with Crippen LogP contribution < -0.4 is 10.5 Å². The normalized spacial score (nSPS) is 23.2. The molecular formula is C14H20N2O5S. The maximum atomic E-state index is 12.8. The fraction of sp³-hybridized carbons (Fsp3) is 0.500. The van der Waals surface area contributed by atoms with Crippen LogP contribution in [0.1, 0.15) is 24.2 Å². The molecule has 0 aliphatic carbocycles. The van der Waals surface area contributed by atoms with Crippen molar-refractivity contribution in [1.29, 1.82) is 0 Å². The third-order valence-corrected chi connectivity index (χ3v) is 5.57. The Morgan fingerprint density at radius 1 is 1.41 bits per heavy atom. The summed E-state index contributed by atoms with van der Waals surface area (Å²) < 4.78 is 37.5. The van der Waals surface area contributed by atoms with E-state index in [1.807, 2.05) is 6.92 Å². The van der Waals surface area contributed by atoms with Crippen molar-refractivity contribution in [1.82, 2.24) is 4.31 Å². The number of nitrogens with zero attached hydrogens (tertiary/aromatic N) is 1. The van der Waals surface area contributed by atoms with Crippen LogP contribution in [0, 0.1) is 0 Å². The van der Waals surface area contributed by atoms with E-state index >= 15 is 0 Å². The minimum absolute atomic E-state index is 0.0167. The summed E-state index contributed by atoms with van der Waals surface area (Å²) in [5.74, 6) is -0.493. The maximum absolute atomic E-state index is 12.8. The van der Waals surface area contributed by atoms with Gasteiger partial charge in [0.25, 0.3) is 5.91 Å². The molecule has 0 radical (unpaired) electrons. The molecule has 22 heavy (non-hydrogen) atoms. The number of ether oxygens (including phenoxy) is 2. The number of amides is 1. The third kappa shape index (κ3) is 3.08. The van der Waals surface area contributed by atoms with Gasteiger partial charge in [0.1, 0.15) is 5.75 Å². The summed E-state index contributed by atoms with van der Waals surface area (Å²) >= 11 is 0. The number of rotatable bonds is 4. The van der Waals surface area contributed by atoms with E-state index in [1.54, 1.807) is 6.92 Å². The summed E-state index contributed by atoms with van der Waals surface area (Å²) in [5.41, 5.74) is 5.32. The van der Waals surface area contributed by atoms with Crippen LogP contribution in [0.4, 0.5) is 0 Å². The van der Waals surface area contributed by atoms with E-state index in [0.29, 0.717) is 6.61 Å². The molecule has 1 aliphatic heterocycles. The van der Waals surface area contributed by atoms with Crippen LogP contribution in [-0.2, 0) is 14.8 Å². The Balaban J connectivity index is 2.45. The number of nitrogens with two attached hydrogens (primary N) is 1. The van der Waals surface area contributed by atoms with Crippen molar-refractivity contribution in [2.24, 2.45) is 5.73 Å². The summed E-state index contributed by atoms with van der Waals surface area (Å²) in [6, 6.07) is 3.82. The van der Waals surface area contributed by atoms with Crippen molar-refractivity contribution in [3.05, 3.63) is 23.8 Å². The van der Waals surface area contributed by atoms with Gasteiger partial charge in [0.2, 0.25) is 10.0 Å². The number of hydrogen-bond acceptors (Lipinski definition) is 5. The summed E-state index contributed by atoms with van der Waals surface area (Å²) in [5, 5.41) is 0. The second kappa shape index (κ2) is 6.23. The molecule has 122 valence electrons. The summed E-state index contributed by atoms with van der Waals surface area (Å²) in [4.78, 5) is 11.5. The molecule has 0 bridgehead atoms. The molecule has 0 saturated carbocycles. The Morgan fingerprint density at radius 3 is 2.68 bits per heavy atom. The highest BCUT2D eigenvalue weighted by Crippen LogP contribution is 2.27.